The second-order valence-corrected chi connectivity index (χ2v) is 5.12. The minimum Gasteiger partial charge on any atom is -0.465 e. The van der Waals surface area contributed by atoms with Crippen molar-refractivity contribution in [3.63, 3.8) is 0 Å². The topological polar surface area (TPSA) is 54.1 Å². The van der Waals surface area contributed by atoms with E-state index in [9.17, 15) is 18.0 Å². The molecule has 0 saturated heterocycles. The lowest BCUT2D eigenvalue weighted by Gasteiger charge is -2.10. The number of esters is 1. The van der Waals surface area contributed by atoms with E-state index in [1.165, 1.54) is 19.2 Å². The highest BCUT2D eigenvalue weighted by atomic mass is 19.4. The number of para-hydroxylation sites is 1. The largest absolute Gasteiger partial charge is 0.465 e. The molecule has 4 nitrogen and oxygen atoms in total. The van der Waals surface area contributed by atoms with Gasteiger partial charge in [-0.2, -0.15) is 13.2 Å². The summed E-state index contributed by atoms with van der Waals surface area (Å²) in [5.74, 6) is -0.302. The van der Waals surface area contributed by atoms with Gasteiger partial charge in [0.25, 0.3) is 0 Å². The first kappa shape index (κ1) is 15.9. The third-order valence-electron chi connectivity index (χ3n) is 3.55. The van der Waals surface area contributed by atoms with Gasteiger partial charge in [0.1, 0.15) is 11.4 Å². The molecule has 0 atom stereocenters. The molecule has 1 heterocycles. The number of methoxy groups -OCH3 is 1. The maximum Gasteiger partial charge on any atom is 0.416 e. The van der Waals surface area contributed by atoms with Crippen molar-refractivity contribution in [2.45, 2.75) is 6.18 Å². The van der Waals surface area contributed by atoms with Gasteiger partial charge in [-0.05, 0) is 24.3 Å². The predicted molar refractivity (Wildman–Crippen MR) is 84.4 cm³/mol. The molecule has 7 heteroatoms. The molecule has 0 bridgehead atoms. The molecular weight excluding hydrogens is 321 g/mol. The monoisotopic (exact) mass is 334 g/mol. The van der Waals surface area contributed by atoms with Crippen LogP contribution >= 0.6 is 0 Å². The van der Waals surface area contributed by atoms with Crippen molar-refractivity contribution in [2.75, 3.05) is 12.4 Å². The Labute approximate surface area is 135 Å². The fourth-order valence-electron chi connectivity index (χ4n) is 2.47. The van der Waals surface area contributed by atoms with Gasteiger partial charge < -0.3 is 15.0 Å². The Morgan fingerprint density at radius 3 is 2.58 bits per heavy atom. The van der Waals surface area contributed by atoms with Crippen LogP contribution in [0.25, 0.3) is 10.9 Å². The number of fused-ring (bicyclic) bond motifs is 1. The van der Waals surface area contributed by atoms with Crippen LogP contribution in [0.2, 0.25) is 0 Å². The van der Waals surface area contributed by atoms with E-state index < -0.39 is 17.7 Å². The lowest BCUT2D eigenvalue weighted by atomic mass is 10.1. The Morgan fingerprint density at radius 2 is 1.88 bits per heavy atom. The summed E-state index contributed by atoms with van der Waals surface area (Å²) in [5, 5.41) is 3.46. The highest BCUT2D eigenvalue weighted by molar-refractivity contribution is 6.09. The summed E-state index contributed by atoms with van der Waals surface area (Å²) in [6.07, 6.45) is -4.44. The highest BCUT2D eigenvalue weighted by Crippen LogP contribution is 2.33. The molecule has 2 N–H and O–H groups in total. The SMILES string of the molecule is COC(=O)c1c(Nc2cccc(C(F)(F)F)c2)[nH]c2ccccc12. The quantitative estimate of drug-likeness (QED) is 0.682. The Kier molecular flexibility index (Phi) is 3.92. The summed E-state index contributed by atoms with van der Waals surface area (Å²) in [6, 6.07) is 11.8. The number of aromatic nitrogens is 1. The third-order valence-corrected chi connectivity index (χ3v) is 3.55. The normalized spacial score (nSPS) is 11.5. The summed E-state index contributed by atoms with van der Waals surface area (Å²) < 4.78 is 43.3. The summed E-state index contributed by atoms with van der Waals surface area (Å²) in [5.41, 5.74) is 0.350. The number of H-pyrrole nitrogens is 1. The molecule has 0 radical (unpaired) electrons. The number of aromatic amines is 1. The molecule has 124 valence electrons. The molecule has 24 heavy (non-hydrogen) atoms. The van der Waals surface area contributed by atoms with E-state index in [4.69, 9.17) is 4.74 Å². The van der Waals surface area contributed by atoms with Gasteiger partial charge in [-0.15, -0.1) is 0 Å². The molecular formula is C17H13F3N2O2. The zero-order valence-electron chi connectivity index (χ0n) is 12.6. The first-order valence-corrected chi connectivity index (χ1v) is 7.03. The first-order valence-electron chi connectivity index (χ1n) is 7.03. The van der Waals surface area contributed by atoms with Crippen LogP contribution in [-0.2, 0) is 10.9 Å². The van der Waals surface area contributed by atoms with Gasteiger partial charge in [0.2, 0.25) is 0 Å². The molecule has 0 saturated carbocycles. The number of hydrogen-bond donors (Lipinski definition) is 2. The smallest absolute Gasteiger partial charge is 0.416 e. The summed E-state index contributed by atoms with van der Waals surface area (Å²) in [4.78, 5) is 15.1. The Morgan fingerprint density at radius 1 is 1.12 bits per heavy atom. The van der Waals surface area contributed by atoms with Crippen molar-refractivity contribution in [1.29, 1.82) is 0 Å². The number of halogens is 3. The second kappa shape index (κ2) is 5.92. The van der Waals surface area contributed by atoms with Crippen molar-refractivity contribution < 1.29 is 22.7 Å². The van der Waals surface area contributed by atoms with Crippen LogP contribution in [0.5, 0.6) is 0 Å². The van der Waals surface area contributed by atoms with Gasteiger partial charge in [0.05, 0.1) is 12.7 Å². The molecule has 0 unspecified atom stereocenters. The Hall–Kier alpha value is -2.96. The van der Waals surface area contributed by atoms with E-state index in [2.05, 4.69) is 10.3 Å². The molecule has 0 amide bonds. The standard InChI is InChI=1S/C17H13F3N2O2/c1-24-16(23)14-12-7-2-3-8-13(12)22-15(14)21-11-6-4-5-10(9-11)17(18,19)20/h2-9,21-22H,1H3. The van der Waals surface area contributed by atoms with E-state index in [0.717, 1.165) is 12.1 Å². The fourth-order valence-corrected chi connectivity index (χ4v) is 2.47. The van der Waals surface area contributed by atoms with E-state index >= 15 is 0 Å². The predicted octanol–water partition coefficient (Wildman–Crippen LogP) is 4.72. The highest BCUT2D eigenvalue weighted by Gasteiger charge is 2.30. The molecule has 3 rings (SSSR count). The summed E-state index contributed by atoms with van der Waals surface area (Å²) >= 11 is 0. The van der Waals surface area contributed by atoms with Crippen molar-refractivity contribution in [3.05, 3.63) is 59.7 Å². The van der Waals surface area contributed by atoms with Crippen LogP contribution < -0.4 is 5.32 Å². The van der Waals surface area contributed by atoms with Gasteiger partial charge in [0.15, 0.2) is 0 Å². The van der Waals surface area contributed by atoms with Crippen molar-refractivity contribution in [3.8, 4) is 0 Å². The van der Waals surface area contributed by atoms with Gasteiger partial charge in [0, 0.05) is 16.6 Å². The van der Waals surface area contributed by atoms with Crippen LogP contribution in [0.3, 0.4) is 0 Å². The van der Waals surface area contributed by atoms with Gasteiger partial charge >= 0.3 is 12.1 Å². The van der Waals surface area contributed by atoms with Crippen LogP contribution in [0, 0.1) is 0 Å². The number of benzene rings is 2. The van der Waals surface area contributed by atoms with Gasteiger partial charge in [-0.1, -0.05) is 24.3 Å². The fraction of sp³-hybridized carbons (Fsp3) is 0.118. The number of alkyl halides is 3. The molecule has 0 spiro atoms. The van der Waals surface area contributed by atoms with E-state index in [1.54, 1.807) is 24.3 Å². The van der Waals surface area contributed by atoms with Crippen molar-refractivity contribution >= 4 is 28.4 Å². The average molecular weight is 334 g/mol. The van der Waals surface area contributed by atoms with E-state index in [-0.39, 0.29) is 17.1 Å². The Bertz CT molecular complexity index is 900. The zero-order chi connectivity index (χ0) is 17.3. The van der Waals surface area contributed by atoms with Crippen LogP contribution in [-0.4, -0.2) is 18.1 Å². The van der Waals surface area contributed by atoms with Crippen LogP contribution in [0.4, 0.5) is 24.7 Å². The number of carbonyl (C=O) groups excluding carboxylic acids is 1. The lowest BCUT2D eigenvalue weighted by Crippen LogP contribution is -2.07. The number of nitrogens with one attached hydrogen (secondary N) is 2. The van der Waals surface area contributed by atoms with Crippen LogP contribution in [0.1, 0.15) is 15.9 Å². The summed E-state index contributed by atoms with van der Waals surface area (Å²) in [7, 11) is 1.25. The molecule has 3 aromatic rings. The average Bonchev–Trinajstić information content (AvgIpc) is 2.91. The van der Waals surface area contributed by atoms with Crippen molar-refractivity contribution in [1.82, 2.24) is 4.98 Å². The molecule has 0 aliphatic rings. The molecule has 0 aliphatic heterocycles. The minimum absolute atomic E-state index is 0.210. The Balaban J connectivity index is 2.06. The van der Waals surface area contributed by atoms with E-state index in [0.29, 0.717) is 10.9 Å². The molecule has 0 aliphatic carbocycles. The number of anilines is 2. The number of carbonyl (C=O) groups is 1. The van der Waals surface area contributed by atoms with E-state index in [1.807, 2.05) is 0 Å². The van der Waals surface area contributed by atoms with Crippen molar-refractivity contribution in [2.24, 2.45) is 0 Å². The number of hydrogen-bond acceptors (Lipinski definition) is 3. The first-order chi connectivity index (χ1) is 11.4. The van der Waals surface area contributed by atoms with Gasteiger partial charge in [-0.25, -0.2) is 4.79 Å². The zero-order valence-corrected chi connectivity index (χ0v) is 12.6. The summed E-state index contributed by atoms with van der Waals surface area (Å²) in [6.45, 7) is 0. The third kappa shape index (κ3) is 2.92. The number of ether oxygens (including phenoxy) is 1. The minimum atomic E-state index is -4.44. The lowest BCUT2D eigenvalue weighted by molar-refractivity contribution is -0.137. The maximum atomic E-state index is 12.8. The maximum absolute atomic E-state index is 12.8. The second-order valence-electron chi connectivity index (χ2n) is 5.12. The number of rotatable bonds is 3. The van der Waals surface area contributed by atoms with Gasteiger partial charge in [-0.3, -0.25) is 0 Å². The molecule has 0 fully saturated rings. The molecule has 1 aromatic heterocycles. The molecule has 2 aromatic carbocycles. The van der Waals surface area contributed by atoms with Crippen LogP contribution in [0.15, 0.2) is 48.5 Å².